The molecule has 0 amide bonds. The molecular weight excluding hydrogens is 332 g/mol. The molecule has 0 aromatic carbocycles. The van der Waals surface area contributed by atoms with Crippen LogP contribution in [-0.4, -0.2) is 28.3 Å². The highest BCUT2D eigenvalue weighted by atomic mass is 79.9. The van der Waals surface area contributed by atoms with Gasteiger partial charge in [-0.1, -0.05) is 31.1 Å². The Balaban J connectivity index is 2.52. The second-order valence-electron chi connectivity index (χ2n) is 3.98. The molecule has 1 atom stereocenters. The summed E-state index contributed by atoms with van der Waals surface area (Å²) < 4.78 is 26.6. The summed E-state index contributed by atoms with van der Waals surface area (Å²) in [5.74, 6) is 1.41. The number of unbranched alkanes of at least 4 members (excludes halogenated alkanes) is 2. The van der Waals surface area contributed by atoms with Crippen molar-refractivity contribution in [3.05, 3.63) is 10.2 Å². The van der Waals surface area contributed by atoms with Crippen LogP contribution in [0.4, 0.5) is 0 Å². The zero-order valence-corrected chi connectivity index (χ0v) is 13.6. The molecule has 19 heavy (non-hydrogen) atoms. The van der Waals surface area contributed by atoms with Crippen LogP contribution in [0.15, 0.2) is 13.4 Å². The van der Waals surface area contributed by atoms with Crippen LogP contribution < -0.4 is 4.74 Å². The Kier molecular flexibility index (Phi) is 8.16. The fourth-order valence-corrected chi connectivity index (χ4v) is 2.40. The maximum Gasteiger partial charge on any atom is 0.269 e. The first kappa shape index (κ1) is 16.5. The average Bonchev–Trinajstić information content (AvgIpc) is 2.75. The number of aromatic nitrogens is 1. The zero-order valence-electron chi connectivity index (χ0n) is 11.2. The van der Waals surface area contributed by atoms with Crippen LogP contribution >= 0.6 is 15.9 Å². The minimum absolute atomic E-state index is 0.411. The van der Waals surface area contributed by atoms with Crippen LogP contribution in [0.3, 0.4) is 0 Å². The summed E-state index contributed by atoms with van der Waals surface area (Å²) in [5, 5.41) is 3.79. The first-order valence-electron chi connectivity index (χ1n) is 6.39. The first-order valence-corrected chi connectivity index (χ1v) is 8.46. The van der Waals surface area contributed by atoms with Crippen molar-refractivity contribution in [3.63, 3.8) is 0 Å². The molecule has 108 valence electrons. The van der Waals surface area contributed by atoms with Gasteiger partial charge in [-0.25, -0.2) is 0 Å². The van der Waals surface area contributed by atoms with Crippen LogP contribution in [0.1, 0.15) is 45.3 Å². The average molecular weight is 351 g/mol. The lowest BCUT2D eigenvalue weighted by Crippen LogP contribution is -2.02. The quantitative estimate of drug-likeness (QED) is 0.388. The Bertz CT molecular complexity index is 398. The third-order valence-electron chi connectivity index (χ3n) is 2.33. The molecular formula is C12H19BrN2O3S. The molecule has 0 saturated carbocycles. The van der Waals surface area contributed by atoms with E-state index in [-0.39, 0.29) is 0 Å². The number of rotatable bonds is 9. The maximum atomic E-state index is 11.5. The van der Waals surface area contributed by atoms with Gasteiger partial charge in [-0.3, -0.25) is 0 Å². The molecule has 1 rings (SSSR count). The fourth-order valence-electron chi connectivity index (χ4n) is 1.19. The van der Waals surface area contributed by atoms with Crippen molar-refractivity contribution < 1.29 is 13.8 Å². The predicted molar refractivity (Wildman–Crippen MR) is 80.1 cm³/mol. The molecule has 1 aromatic rings. The topological polar surface area (TPSA) is 70.7 Å². The van der Waals surface area contributed by atoms with Crippen molar-refractivity contribution in [1.82, 2.24) is 5.16 Å². The van der Waals surface area contributed by atoms with Crippen molar-refractivity contribution >= 4 is 33.5 Å². The summed E-state index contributed by atoms with van der Waals surface area (Å²) in [6.45, 7) is 4.74. The summed E-state index contributed by atoms with van der Waals surface area (Å²) in [6.07, 6.45) is 5.34. The smallest absolute Gasteiger partial charge is 0.269 e. The van der Waals surface area contributed by atoms with E-state index in [1.165, 1.54) is 6.21 Å². The van der Waals surface area contributed by atoms with Gasteiger partial charge in [-0.2, -0.15) is 0 Å². The summed E-state index contributed by atoms with van der Waals surface area (Å²) in [7, 11) is 0. The van der Waals surface area contributed by atoms with Crippen molar-refractivity contribution in [1.29, 1.82) is 0 Å². The zero-order chi connectivity index (χ0) is 14.1. The second-order valence-corrected chi connectivity index (χ2v) is 6.04. The summed E-state index contributed by atoms with van der Waals surface area (Å²) in [4.78, 5) is 0. The van der Waals surface area contributed by atoms with E-state index in [1.807, 2.05) is 6.92 Å². The minimum atomic E-state index is -1.21. The van der Waals surface area contributed by atoms with Crippen molar-refractivity contribution in [2.45, 2.75) is 39.5 Å². The Hall–Kier alpha value is -0.530. The van der Waals surface area contributed by atoms with Gasteiger partial charge in [0.2, 0.25) is 5.76 Å². The van der Waals surface area contributed by atoms with Gasteiger partial charge in [-0.15, -0.1) is 0 Å². The first-order chi connectivity index (χ1) is 9.19. The highest BCUT2D eigenvalue weighted by Crippen LogP contribution is 2.27. The largest absolute Gasteiger partial charge is 0.591 e. The molecule has 0 bridgehead atoms. The molecule has 0 spiro atoms. The van der Waals surface area contributed by atoms with Gasteiger partial charge >= 0.3 is 0 Å². The molecule has 1 aromatic heterocycles. The lowest BCUT2D eigenvalue weighted by molar-refractivity contribution is 0.272. The third kappa shape index (κ3) is 5.97. The molecule has 0 fully saturated rings. The van der Waals surface area contributed by atoms with Gasteiger partial charge < -0.3 is 13.8 Å². The molecule has 1 heterocycles. The molecule has 7 heteroatoms. The van der Waals surface area contributed by atoms with Gasteiger partial charge in [0, 0.05) is 0 Å². The Labute approximate surface area is 125 Å². The molecule has 0 N–H and O–H groups in total. The van der Waals surface area contributed by atoms with E-state index in [4.69, 9.17) is 9.26 Å². The van der Waals surface area contributed by atoms with Crippen LogP contribution in [0, 0.1) is 0 Å². The number of nitrogens with zero attached hydrogens (tertiary/aromatic N) is 2. The molecule has 5 nitrogen and oxygen atoms in total. The van der Waals surface area contributed by atoms with E-state index in [2.05, 4.69) is 32.4 Å². The van der Waals surface area contributed by atoms with Crippen LogP contribution in [-0.2, 0) is 11.4 Å². The maximum absolute atomic E-state index is 11.5. The van der Waals surface area contributed by atoms with Gasteiger partial charge in [0.25, 0.3) is 5.88 Å². The van der Waals surface area contributed by atoms with E-state index >= 15 is 0 Å². The van der Waals surface area contributed by atoms with E-state index in [0.717, 1.165) is 25.7 Å². The van der Waals surface area contributed by atoms with Crippen LogP contribution in [0.2, 0.25) is 0 Å². The third-order valence-corrected chi connectivity index (χ3v) is 4.04. The lowest BCUT2D eigenvalue weighted by Gasteiger charge is -2.00. The highest BCUT2D eigenvalue weighted by molar-refractivity contribution is 9.10. The molecule has 0 aliphatic rings. The number of hydrogen-bond donors (Lipinski definition) is 0. The van der Waals surface area contributed by atoms with Crippen molar-refractivity contribution in [2.75, 3.05) is 12.4 Å². The minimum Gasteiger partial charge on any atom is -0.591 e. The van der Waals surface area contributed by atoms with E-state index in [1.54, 1.807) is 0 Å². The number of ether oxygens (including phenoxy) is 1. The van der Waals surface area contributed by atoms with E-state index in [9.17, 15) is 4.55 Å². The lowest BCUT2D eigenvalue weighted by atomic mass is 10.4. The molecule has 0 radical (unpaired) electrons. The molecule has 0 aliphatic carbocycles. The Morgan fingerprint density at radius 3 is 2.84 bits per heavy atom. The summed E-state index contributed by atoms with van der Waals surface area (Å²) in [6, 6.07) is 0. The highest BCUT2D eigenvalue weighted by Gasteiger charge is 2.14. The standard InChI is InChI=1S/C12H19BrN2O3S/c1-3-5-7-17-12-11(13)10(18-15-12)9-14-19(16)8-6-4-2/h9H,3-8H2,1-2H3. The summed E-state index contributed by atoms with van der Waals surface area (Å²) in [5.41, 5.74) is 0. The Morgan fingerprint density at radius 2 is 2.16 bits per heavy atom. The van der Waals surface area contributed by atoms with Gasteiger partial charge in [0.15, 0.2) is 0 Å². The molecule has 0 aliphatic heterocycles. The van der Waals surface area contributed by atoms with Gasteiger partial charge in [0.05, 0.1) is 18.0 Å². The van der Waals surface area contributed by atoms with Crippen molar-refractivity contribution in [3.8, 4) is 5.88 Å². The van der Waals surface area contributed by atoms with Gasteiger partial charge in [0.1, 0.15) is 16.4 Å². The molecule has 0 saturated heterocycles. The van der Waals surface area contributed by atoms with Crippen molar-refractivity contribution in [2.24, 2.45) is 4.40 Å². The fraction of sp³-hybridized carbons (Fsp3) is 0.667. The second kappa shape index (κ2) is 9.39. The molecule has 1 unspecified atom stereocenters. The number of halogens is 1. The SMILES string of the molecule is CCCCOc1noc(C=N[S+]([O-])CCCC)c1Br. The monoisotopic (exact) mass is 350 g/mol. The number of hydrogen-bond acceptors (Lipinski definition) is 5. The van der Waals surface area contributed by atoms with Gasteiger partial charge in [-0.05, 0) is 33.9 Å². The van der Waals surface area contributed by atoms with E-state index < -0.39 is 11.4 Å². The predicted octanol–water partition coefficient (Wildman–Crippen LogP) is 3.50. The van der Waals surface area contributed by atoms with Crippen LogP contribution in [0.25, 0.3) is 0 Å². The van der Waals surface area contributed by atoms with E-state index in [0.29, 0.717) is 28.5 Å². The summed E-state index contributed by atoms with van der Waals surface area (Å²) >= 11 is 2.13. The van der Waals surface area contributed by atoms with Crippen LogP contribution in [0.5, 0.6) is 5.88 Å². The Morgan fingerprint density at radius 1 is 1.42 bits per heavy atom. The normalized spacial score (nSPS) is 13.1.